The van der Waals surface area contributed by atoms with Crippen LogP contribution < -0.4 is 5.19 Å². The van der Waals surface area contributed by atoms with E-state index < -0.39 is 8.07 Å². The number of hydrogen-bond donors (Lipinski definition) is 1. The normalized spacial score (nSPS) is 12.2. The summed E-state index contributed by atoms with van der Waals surface area (Å²) in [6, 6.07) is 10.8. The predicted molar refractivity (Wildman–Crippen MR) is 78.3 cm³/mol. The van der Waals surface area contributed by atoms with Gasteiger partial charge in [-0.05, 0) is 19.3 Å². The predicted octanol–water partition coefficient (Wildman–Crippen LogP) is 3.25. The second-order valence-corrected chi connectivity index (χ2v) is 9.42. The Morgan fingerprint density at radius 3 is 2.41 bits per heavy atom. The third-order valence-corrected chi connectivity index (χ3v) is 5.97. The van der Waals surface area contributed by atoms with E-state index in [1.807, 2.05) is 0 Å². The van der Waals surface area contributed by atoms with Gasteiger partial charge >= 0.3 is 0 Å². The zero-order valence-electron chi connectivity index (χ0n) is 11.0. The lowest BCUT2D eigenvalue weighted by molar-refractivity contribution is 0.283. The lowest BCUT2D eigenvalue weighted by Gasteiger charge is -2.18. The van der Waals surface area contributed by atoms with E-state index in [9.17, 15) is 0 Å². The Balaban J connectivity index is 2.41. The van der Waals surface area contributed by atoms with Crippen molar-refractivity contribution in [3.63, 3.8) is 0 Å². The summed E-state index contributed by atoms with van der Waals surface area (Å²) in [4.78, 5) is 0. The number of hydrogen-bond acceptors (Lipinski definition) is 1. The first kappa shape index (κ1) is 14.2. The summed E-state index contributed by atoms with van der Waals surface area (Å²) in [5.41, 5.74) is 2.43. The molecule has 0 unspecified atom stereocenters. The average molecular weight is 248 g/mol. The minimum absolute atomic E-state index is 0.327. The maximum absolute atomic E-state index is 8.69. The van der Waals surface area contributed by atoms with E-state index in [0.717, 1.165) is 19.3 Å². The summed E-state index contributed by atoms with van der Waals surface area (Å²) >= 11 is 0. The van der Waals surface area contributed by atoms with Crippen LogP contribution in [0.2, 0.25) is 13.1 Å². The topological polar surface area (TPSA) is 20.2 Å². The Kier molecular flexibility index (Phi) is 6.23. The van der Waals surface area contributed by atoms with Gasteiger partial charge in [0, 0.05) is 6.61 Å². The molecule has 0 radical (unpaired) electrons. The summed E-state index contributed by atoms with van der Waals surface area (Å²) in [7, 11) is -1.38. The average Bonchev–Trinajstić information content (AvgIpc) is 2.35. The first-order valence-corrected chi connectivity index (χ1v) is 9.58. The number of aliphatic hydroxyl groups is 1. The molecular weight excluding hydrogens is 224 g/mol. The molecule has 0 spiro atoms. The molecule has 1 rings (SSSR count). The molecule has 0 saturated carbocycles. The van der Waals surface area contributed by atoms with Crippen LogP contribution in [-0.4, -0.2) is 19.8 Å². The zero-order valence-corrected chi connectivity index (χ0v) is 12.0. The molecule has 2 heteroatoms. The first-order valence-electron chi connectivity index (χ1n) is 6.51. The largest absolute Gasteiger partial charge is 0.396 e. The van der Waals surface area contributed by atoms with Gasteiger partial charge in [0.25, 0.3) is 0 Å². The van der Waals surface area contributed by atoms with Gasteiger partial charge in [-0.3, -0.25) is 0 Å². The van der Waals surface area contributed by atoms with Crippen molar-refractivity contribution in [2.24, 2.45) is 0 Å². The van der Waals surface area contributed by atoms with E-state index in [2.05, 4.69) is 55.2 Å². The van der Waals surface area contributed by atoms with Gasteiger partial charge in [0.1, 0.15) is 8.07 Å². The van der Waals surface area contributed by atoms with Crippen LogP contribution in [-0.2, 0) is 0 Å². The van der Waals surface area contributed by atoms with E-state index in [4.69, 9.17) is 5.11 Å². The van der Waals surface area contributed by atoms with Gasteiger partial charge in [0.15, 0.2) is 0 Å². The Hall–Kier alpha value is -0.863. The van der Waals surface area contributed by atoms with Gasteiger partial charge in [0.05, 0.1) is 0 Å². The number of allylic oxidation sites excluding steroid dienone is 1. The van der Waals surface area contributed by atoms with Crippen molar-refractivity contribution >= 4 is 13.3 Å². The molecule has 0 aliphatic carbocycles. The minimum atomic E-state index is -1.38. The molecule has 94 valence electrons. The number of unbranched alkanes of at least 4 members (excludes halogenated alkanes) is 3. The molecule has 0 bridgehead atoms. The molecule has 1 N–H and O–H groups in total. The molecular formula is C15H24OSi. The second kappa shape index (κ2) is 7.46. The fourth-order valence-corrected chi connectivity index (χ4v) is 3.89. The summed E-state index contributed by atoms with van der Waals surface area (Å²) < 4.78 is 0. The van der Waals surface area contributed by atoms with E-state index in [1.165, 1.54) is 11.6 Å². The van der Waals surface area contributed by atoms with E-state index in [-0.39, 0.29) is 0 Å². The maximum Gasteiger partial charge on any atom is 0.103 e. The lowest BCUT2D eigenvalue weighted by atomic mass is 10.2. The van der Waals surface area contributed by atoms with Crippen molar-refractivity contribution in [2.75, 3.05) is 6.61 Å². The molecule has 0 aromatic heterocycles. The zero-order chi connectivity index (χ0) is 12.6. The minimum Gasteiger partial charge on any atom is -0.396 e. The van der Waals surface area contributed by atoms with Crippen LogP contribution in [0.15, 0.2) is 42.1 Å². The quantitative estimate of drug-likeness (QED) is 0.580. The maximum atomic E-state index is 8.69. The molecule has 0 saturated heterocycles. The highest BCUT2D eigenvalue weighted by molar-refractivity contribution is 6.93. The van der Waals surface area contributed by atoms with Crippen molar-refractivity contribution in [1.82, 2.24) is 0 Å². The van der Waals surface area contributed by atoms with Gasteiger partial charge in [-0.1, -0.05) is 66.8 Å². The summed E-state index contributed by atoms with van der Waals surface area (Å²) in [6.07, 6.45) is 6.73. The molecule has 1 aromatic rings. The molecule has 0 aliphatic heterocycles. The molecule has 1 aromatic carbocycles. The van der Waals surface area contributed by atoms with Gasteiger partial charge in [-0.2, -0.15) is 0 Å². The van der Waals surface area contributed by atoms with Gasteiger partial charge in [0.2, 0.25) is 0 Å². The van der Waals surface area contributed by atoms with Crippen molar-refractivity contribution in [2.45, 2.75) is 38.8 Å². The standard InChI is InChI=1S/C15H24OSi/c1-17(2,15-11-7-6-8-12-15)14-10-5-3-4-9-13-16/h6-8,10-12,14,16H,3-5,9,13H2,1-2H3/b14-10-. The van der Waals surface area contributed by atoms with Crippen molar-refractivity contribution < 1.29 is 5.11 Å². The highest BCUT2D eigenvalue weighted by Crippen LogP contribution is 2.07. The van der Waals surface area contributed by atoms with E-state index in [0.29, 0.717) is 6.61 Å². The molecule has 0 atom stereocenters. The Morgan fingerprint density at radius 2 is 1.76 bits per heavy atom. The number of rotatable bonds is 7. The number of aliphatic hydroxyl groups excluding tert-OH is 1. The van der Waals surface area contributed by atoms with Crippen molar-refractivity contribution in [3.05, 3.63) is 42.1 Å². The van der Waals surface area contributed by atoms with Crippen LogP contribution in [0.1, 0.15) is 25.7 Å². The van der Waals surface area contributed by atoms with Crippen molar-refractivity contribution in [3.8, 4) is 0 Å². The van der Waals surface area contributed by atoms with Crippen LogP contribution >= 0.6 is 0 Å². The second-order valence-electron chi connectivity index (χ2n) is 5.06. The fraction of sp³-hybridized carbons (Fsp3) is 0.467. The third kappa shape index (κ3) is 5.33. The SMILES string of the molecule is C[Si](C)(/C=C\CCCCCO)c1ccccc1. The first-order chi connectivity index (χ1) is 8.17. The molecule has 0 heterocycles. The van der Waals surface area contributed by atoms with Gasteiger partial charge in [-0.15, -0.1) is 0 Å². The van der Waals surface area contributed by atoms with Crippen LogP contribution in [0, 0.1) is 0 Å². The highest BCUT2D eigenvalue weighted by Gasteiger charge is 2.18. The molecule has 1 nitrogen and oxygen atoms in total. The van der Waals surface area contributed by atoms with Gasteiger partial charge in [-0.25, -0.2) is 0 Å². The van der Waals surface area contributed by atoms with Crippen LogP contribution in [0.5, 0.6) is 0 Å². The lowest BCUT2D eigenvalue weighted by Crippen LogP contribution is -2.39. The van der Waals surface area contributed by atoms with Gasteiger partial charge < -0.3 is 5.11 Å². The molecule has 17 heavy (non-hydrogen) atoms. The molecule has 0 fully saturated rings. The van der Waals surface area contributed by atoms with E-state index in [1.54, 1.807) is 0 Å². The monoisotopic (exact) mass is 248 g/mol. The summed E-state index contributed by atoms with van der Waals surface area (Å²) in [6.45, 7) is 5.09. The smallest absolute Gasteiger partial charge is 0.103 e. The Labute approximate surface area is 106 Å². The Bertz CT molecular complexity index is 330. The highest BCUT2D eigenvalue weighted by atomic mass is 28.3. The van der Waals surface area contributed by atoms with Crippen LogP contribution in [0.3, 0.4) is 0 Å². The Morgan fingerprint density at radius 1 is 1.06 bits per heavy atom. The molecule has 0 amide bonds. The fourth-order valence-electron chi connectivity index (χ4n) is 1.89. The van der Waals surface area contributed by atoms with Crippen molar-refractivity contribution in [1.29, 1.82) is 0 Å². The summed E-state index contributed by atoms with van der Waals surface area (Å²) in [5.74, 6) is 0. The third-order valence-electron chi connectivity index (χ3n) is 3.08. The number of benzene rings is 1. The van der Waals surface area contributed by atoms with Crippen LogP contribution in [0.4, 0.5) is 0 Å². The van der Waals surface area contributed by atoms with Crippen LogP contribution in [0.25, 0.3) is 0 Å². The van der Waals surface area contributed by atoms with E-state index >= 15 is 0 Å². The molecule has 0 aliphatic rings. The summed E-state index contributed by atoms with van der Waals surface area (Å²) in [5, 5.41) is 10.2.